The number of allylic oxidation sites excluding steroid dienone is 1. The van der Waals surface area contributed by atoms with Crippen molar-refractivity contribution in [2.45, 2.75) is 58.3 Å². The van der Waals surface area contributed by atoms with Crippen LogP contribution in [0.2, 0.25) is 0 Å². The average Bonchev–Trinajstić information content (AvgIpc) is 2.16. The molecule has 0 spiro atoms. The summed E-state index contributed by atoms with van der Waals surface area (Å²) in [5.74, 6) is 0.774. The fourth-order valence-electron chi connectivity index (χ4n) is 1.41. The molecule has 0 N–H and O–H groups in total. The molecule has 0 aliphatic heterocycles. The van der Waals surface area contributed by atoms with Crippen LogP contribution < -0.4 is 0 Å². The molecule has 0 nitrogen and oxygen atoms in total. The number of hydrogen-bond acceptors (Lipinski definition) is 0. The molecule has 0 rings (SSSR count). The van der Waals surface area contributed by atoms with Gasteiger partial charge in [-0.25, -0.2) is 0 Å². The van der Waals surface area contributed by atoms with Crippen LogP contribution in [0.15, 0.2) is 12.2 Å². The molecule has 0 aromatic carbocycles. The van der Waals surface area contributed by atoms with E-state index in [1.807, 2.05) is 0 Å². The minimum atomic E-state index is 0.774. The molecule has 0 unspecified atom stereocenters. The van der Waals surface area contributed by atoms with E-state index in [4.69, 9.17) is 12.6 Å². The van der Waals surface area contributed by atoms with Gasteiger partial charge in [-0.15, -0.1) is 0 Å². The van der Waals surface area contributed by atoms with E-state index in [0.717, 1.165) is 5.75 Å². The quantitative estimate of drug-likeness (QED) is 0.367. The Hall–Kier alpha value is 0.0900. The van der Waals surface area contributed by atoms with Crippen molar-refractivity contribution in [1.29, 1.82) is 0 Å². The van der Waals surface area contributed by atoms with Crippen molar-refractivity contribution in [1.82, 2.24) is 0 Å². The lowest BCUT2D eigenvalue weighted by molar-refractivity contribution is 0.592. The summed E-state index contributed by atoms with van der Waals surface area (Å²) in [5, 5.41) is 0. The summed E-state index contributed by atoms with van der Waals surface area (Å²) in [6.45, 7) is 2.26. The average molecular weight is 199 g/mol. The Balaban J connectivity index is 2.87. The topological polar surface area (TPSA) is 0 Å². The van der Waals surface area contributed by atoms with E-state index in [1.54, 1.807) is 0 Å². The van der Waals surface area contributed by atoms with Gasteiger partial charge in [0.25, 0.3) is 0 Å². The summed E-state index contributed by atoms with van der Waals surface area (Å²) in [5.41, 5.74) is 0. The predicted octanol–water partition coefficient (Wildman–Crippen LogP) is 4.88. The van der Waals surface area contributed by atoms with Crippen LogP contribution in [0.4, 0.5) is 0 Å². The Morgan fingerprint density at radius 3 is 2.08 bits per heavy atom. The Kier molecular flexibility index (Phi) is 12.2. The van der Waals surface area contributed by atoms with E-state index in [0.29, 0.717) is 0 Å². The van der Waals surface area contributed by atoms with Crippen LogP contribution in [0, 0.1) is 0 Å². The van der Waals surface area contributed by atoms with Crippen LogP contribution in [0.5, 0.6) is 0 Å². The highest BCUT2D eigenvalue weighted by molar-refractivity contribution is 7.80. The van der Waals surface area contributed by atoms with Crippen molar-refractivity contribution in [2.75, 3.05) is 5.75 Å². The van der Waals surface area contributed by atoms with Gasteiger partial charge >= 0.3 is 0 Å². The van der Waals surface area contributed by atoms with Crippen molar-refractivity contribution in [3.05, 3.63) is 12.2 Å². The molecule has 0 saturated carbocycles. The first kappa shape index (κ1) is 13.1. The van der Waals surface area contributed by atoms with E-state index in [1.165, 1.54) is 51.4 Å². The normalized spacial score (nSPS) is 11.2. The zero-order valence-corrected chi connectivity index (χ0v) is 9.74. The van der Waals surface area contributed by atoms with Crippen LogP contribution in [0.3, 0.4) is 0 Å². The fourth-order valence-corrected chi connectivity index (χ4v) is 1.54. The first-order valence-electron chi connectivity index (χ1n) is 5.65. The van der Waals surface area contributed by atoms with Crippen LogP contribution in [0.25, 0.3) is 0 Å². The SMILES string of the molecule is CCCCCCCCCC=CC[S]. The van der Waals surface area contributed by atoms with E-state index in [-0.39, 0.29) is 0 Å². The van der Waals surface area contributed by atoms with Gasteiger partial charge in [-0.05, 0) is 12.8 Å². The van der Waals surface area contributed by atoms with E-state index in [2.05, 4.69) is 19.1 Å². The van der Waals surface area contributed by atoms with Crippen LogP contribution in [-0.2, 0) is 0 Å². The van der Waals surface area contributed by atoms with Crippen molar-refractivity contribution < 1.29 is 0 Å². The van der Waals surface area contributed by atoms with E-state index >= 15 is 0 Å². The Bertz CT molecular complexity index is 108. The Labute approximate surface area is 89.2 Å². The van der Waals surface area contributed by atoms with Crippen LogP contribution in [0.1, 0.15) is 58.3 Å². The molecule has 1 radical (unpaired) electrons. The Morgan fingerprint density at radius 1 is 0.846 bits per heavy atom. The third-order valence-corrected chi connectivity index (χ3v) is 2.43. The molecule has 0 aromatic rings. The first-order chi connectivity index (χ1) is 6.41. The maximum Gasteiger partial charge on any atom is 0.0217 e. The summed E-state index contributed by atoms with van der Waals surface area (Å²) in [6, 6.07) is 0. The first-order valence-corrected chi connectivity index (χ1v) is 6.22. The molecule has 13 heavy (non-hydrogen) atoms. The molecule has 0 saturated heterocycles. The lowest BCUT2D eigenvalue weighted by Crippen LogP contribution is -1.78. The zero-order valence-electron chi connectivity index (χ0n) is 8.93. The number of rotatable bonds is 9. The van der Waals surface area contributed by atoms with Crippen molar-refractivity contribution >= 4 is 12.6 Å². The lowest BCUT2D eigenvalue weighted by Gasteiger charge is -1.98. The molecule has 0 aliphatic rings. The van der Waals surface area contributed by atoms with Crippen molar-refractivity contribution in [3.63, 3.8) is 0 Å². The van der Waals surface area contributed by atoms with Gasteiger partial charge in [0.05, 0.1) is 0 Å². The molecule has 77 valence electrons. The highest BCUT2D eigenvalue weighted by Crippen LogP contribution is 2.08. The maximum atomic E-state index is 4.81. The Morgan fingerprint density at radius 2 is 1.46 bits per heavy atom. The van der Waals surface area contributed by atoms with Crippen molar-refractivity contribution in [3.8, 4) is 0 Å². The summed E-state index contributed by atoms with van der Waals surface area (Å²) in [4.78, 5) is 0. The van der Waals surface area contributed by atoms with Crippen LogP contribution in [-0.4, -0.2) is 5.75 Å². The standard InChI is InChI=1S/C12H23S/c1-2-3-4-5-6-7-8-9-10-11-12-13/h10-11H,2-9,12H2,1H3. The minimum absolute atomic E-state index is 0.774. The summed E-state index contributed by atoms with van der Waals surface area (Å²) in [7, 11) is 0. The molecule has 0 aliphatic carbocycles. The maximum absolute atomic E-state index is 4.81. The summed E-state index contributed by atoms with van der Waals surface area (Å²) in [6.07, 6.45) is 15.3. The third-order valence-electron chi connectivity index (χ3n) is 2.24. The smallest absolute Gasteiger partial charge is 0.0217 e. The van der Waals surface area contributed by atoms with E-state index < -0.39 is 0 Å². The number of unbranched alkanes of at least 4 members (excludes halogenated alkanes) is 7. The van der Waals surface area contributed by atoms with Gasteiger partial charge in [-0.3, -0.25) is 0 Å². The van der Waals surface area contributed by atoms with Gasteiger partial charge < -0.3 is 0 Å². The fraction of sp³-hybridized carbons (Fsp3) is 0.833. The zero-order chi connectivity index (χ0) is 9.78. The molecule has 0 fully saturated rings. The van der Waals surface area contributed by atoms with Crippen LogP contribution >= 0.6 is 12.6 Å². The largest absolute Gasteiger partial charge is 0.0897 e. The summed E-state index contributed by atoms with van der Waals surface area (Å²) < 4.78 is 0. The van der Waals surface area contributed by atoms with Gasteiger partial charge in [-0.2, -0.15) is 0 Å². The highest BCUT2D eigenvalue weighted by Gasteiger charge is 1.88. The minimum Gasteiger partial charge on any atom is -0.0897 e. The molecular weight excluding hydrogens is 176 g/mol. The molecule has 0 amide bonds. The summed E-state index contributed by atoms with van der Waals surface area (Å²) >= 11 is 4.81. The third kappa shape index (κ3) is 12.1. The van der Waals surface area contributed by atoms with Gasteiger partial charge in [0.1, 0.15) is 0 Å². The predicted molar refractivity (Wildman–Crippen MR) is 64.2 cm³/mol. The van der Waals surface area contributed by atoms with Crippen molar-refractivity contribution in [2.24, 2.45) is 0 Å². The molecule has 0 bridgehead atoms. The van der Waals surface area contributed by atoms with Gasteiger partial charge in [0.2, 0.25) is 0 Å². The second kappa shape index (κ2) is 12.1. The molecule has 0 atom stereocenters. The molecule has 0 aromatic heterocycles. The highest BCUT2D eigenvalue weighted by atomic mass is 32.1. The lowest BCUT2D eigenvalue weighted by atomic mass is 10.1. The van der Waals surface area contributed by atoms with Gasteiger partial charge in [0.15, 0.2) is 0 Å². The van der Waals surface area contributed by atoms with Gasteiger partial charge in [-0.1, -0.05) is 70.2 Å². The molecule has 0 heterocycles. The number of hydrogen-bond donors (Lipinski definition) is 0. The second-order valence-electron chi connectivity index (χ2n) is 3.55. The van der Waals surface area contributed by atoms with Gasteiger partial charge in [0, 0.05) is 5.75 Å². The second-order valence-corrected chi connectivity index (χ2v) is 3.88. The molecule has 1 heteroatoms. The molecular formula is C12H23S. The van der Waals surface area contributed by atoms with E-state index in [9.17, 15) is 0 Å². The monoisotopic (exact) mass is 199 g/mol.